The van der Waals surface area contributed by atoms with Crippen LogP contribution in [-0.4, -0.2) is 32.7 Å². The summed E-state index contributed by atoms with van der Waals surface area (Å²) in [5, 5.41) is 2.14. The van der Waals surface area contributed by atoms with Crippen molar-refractivity contribution in [3.63, 3.8) is 0 Å². The van der Waals surface area contributed by atoms with Gasteiger partial charge in [-0.05, 0) is 6.07 Å². The molecule has 18 heavy (non-hydrogen) atoms. The Hall–Kier alpha value is -2.02. The van der Waals surface area contributed by atoms with Crippen LogP contribution in [0, 0.1) is 11.6 Å². The smallest absolute Gasteiger partial charge is 0.340 e. The normalized spacial score (nSPS) is 10.0. The Morgan fingerprint density at radius 2 is 1.89 bits per heavy atom. The molecule has 0 saturated heterocycles. The predicted molar refractivity (Wildman–Crippen MR) is 58.2 cm³/mol. The van der Waals surface area contributed by atoms with Crippen molar-refractivity contribution in [2.24, 2.45) is 0 Å². The first-order valence-electron chi connectivity index (χ1n) is 4.85. The van der Waals surface area contributed by atoms with Crippen LogP contribution in [0.25, 0.3) is 0 Å². The van der Waals surface area contributed by atoms with E-state index in [4.69, 9.17) is 0 Å². The maximum absolute atomic E-state index is 13.4. The zero-order chi connectivity index (χ0) is 13.7. The first-order valence-corrected chi connectivity index (χ1v) is 4.85. The van der Waals surface area contributed by atoms with Gasteiger partial charge in [-0.3, -0.25) is 4.79 Å². The number of methoxy groups -OCH3 is 2. The third-order valence-electron chi connectivity index (χ3n) is 2.01. The van der Waals surface area contributed by atoms with Crippen LogP contribution in [0.2, 0.25) is 0 Å². The SMILES string of the molecule is COCC(=O)Nc1cc(C(=O)OC)c(F)cc1F. The minimum atomic E-state index is -1.07. The van der Waals surface area contributed by atoms with E-state index >= 15 is 0 Å². The van der Waals surface area contributed by atoms with Crippen molar-refractivity contribution in [1.29, 1.82) is 0 Å². The van der Waals surface area contributed by atoms with Gasteiger partial charge in [0.05, 0.1) is 18.4 Å². The minimum Gasteiger partial charge on any atom is -0.465 e. The number of carbonyl (C=O) groups excluding carboxylic acids is 2. The minimum absolute atomic E-state index is 0.287. The van der Waals surface area contributed by atoms with Crippen LogP contribution in [0.3, 0.4) is 0 Å². The Labute approximate surface area is 102 Å². The number of hydrogen-bond donors (Lipinski definition) is 1. The fourth-order valence-electron chi connectivity index (χ4n) is 1.23. The van der Waals surface area contributed by atoms with Crippen LogP contribution >= 0.6 is 0 Å². The Bertz CT molecular complexity index is 476. The summed E-state index contributed by atoms with van der Waals surface area (Å²) in [6.45, 7) is -0.287. The van der Waals surface area contributed by atoms with Crippen LogP contribution in [-0.2, 0) is 14.3 Å². The molecule has 0 aromatic heterocycles. The molecule has 0 radical (unpaired) electrons. The molecule has 0 heterocycles. The van der Waals surface area contributed by atoms with Gasteiger partial charge in [-0.2, -0.15) is 0 Å². The zero-order valence-corrected chi connectivity index (χ0v) is 9.75. The van der Waals surface area contributed by atoms with E-state index in [1.54, 1.807) is 0 Å². The molecule has 5 nitrogen and oxygen atoms in total. The van der Waals surface area contributed by atoms with Crippen LogP contribution in [0.5, 0.6) is 0 Å². The number of halogens is 2. The molecule has 0 fully saturated rings. The van der Waals surface area contributed by atoms with Crippen molar-refractivity contribution in [3.05, 3.63) is 29.3 Å². The molecule has 7 heteroatoms. The molecule has 1 aromatic rings. The van der Waals surface area contributed by atoms with Crippen molar-refractivity contribution >= 4 is 17.6 Å². The lowest BCUT2D eigenvalue weighted by Crippen LogP contribution is -2.18. The summed E-state index contributed by atoms with van der Waals surface area (Å²) >= 11 is 0. The van der Waals surface area contributed by atoms with Crippen LogP contribution in [0.4, 0.5) is 14.5 Å². The number of rotatable bonds is 4. The van der Waals surface area contributed by atoms with Gasteiger partial charge in [0.1, 0.15) is 18.2 Å². The predicted octanol–water partition coefficient (Wildman–Crippen LogP) is 1.34. The van der Waals surface area contributed by atoms with E-state index in [1.165, 1.54) is 7.11 Å². The summed E-state index contributed by atoms with van der Waals surface area (Å²) in [5.41, 5.74) is -0.787. The highest BCUT2D eigenvalue weighted by molar-refractivity contribution is 5.95. The maximum atomic E-state index is 13.4. The summed E-state index contributed by atoms with van der Waals surface area (Å²) in [5.74, 6) is -3.65. The first-order chi connectivity index (χ1) is 8.49. The highest BCUT2D eigenvalue weighted by Crippen LogP contribution is 2.20. The average molecular weight is 259 g/mol. The molecule has 0 aliphatic carbocycles. The van der Waals surface area contributed by atoms with Crippen LogP contribution in [0.15, 0.2) is 12.1 Å². The number of carbonyl (C=O) groups is 2. The molecule has 0 aliphatic heterocycles. The molecule has 1 rings (SSSR count). The molecule has 0 spiro atoms. The second kappa shape index (κ2) is 6.06. The number of benzene rings is 1. The van der Waals surface area contributed by atoms with Crippen LogP contribution in [0.1, 0.15) is 10.4 Å². The number of amides is 1. The van der Waals surface area contributed by atoms with Gasteiger partial charge in [0.25, 0.3) is 0 Å². The summed E-state index contributed by atoms with van der Waals surface area (Å²) in [6, 6.07) is 1.36. The van der Waals surface area contributed by atoms with E-state index in [0.717, 1.165) is 13.2 Å². The van der Waals surface area contributed by atoms with Gasteiger partial charge in [-0.25, -0.2) is 13.6 Å². The number of hydrogen-bond acceptors (Lipinski definition) is 4. The lowest BCUT2D eigenvalue weighted by molar-refractivity contribution is -0.119. The first kappa shape index (κ1) is 14.0. The van der Waals surface area contributed by atoms with Crippen molar-refractivity contribution in [2.45, 2.75) is 0 Å². The fraction of sp³-hybridized carbons (Fsp3) is 0.273. The van der Waals surface area contributed by atoms with Gasteiger partial charge < -0.3 is 14.8 Å². The molecule has 0 aliphatic rings. The average Bonchev–Trinajstić information content (AvgIpc) is 2.32. The molecule has 0 saturated carbocycles. The van der Waals surface area contributed by atoms with Crippen molar-refractivity contribution in [1.82, 2.24) is 0 Å². The lowest BCUT2D eigenvalue weighted by atomic mass is 10.1. The quantitative estimate of drug-likeness (QED) is 0.829. The summed E-state index contributed by atoms with van der Waals surface area (Å²) in [6.07, 6.45) is 0. The summed E-state index contributed by atoms with van der Waals surface area (Å²) in [7, 11) is 2.36. The highest BCUT2D eigenvalue weighted by Gasteiger charge is 2.17. The van der Waals surface area contributed by atoms with Gasteiger partial charge in [0.2, 0.25) is 5.91 Å². The highest BCUT2D eigenvalue weighted by atomic mass is 19.1. The van der Waals surface area contributed by atoms with E-state index in [0.29, 0.717) is 6.07 Å². The Morgan fingerprint density at radius 1 is 1.22 bits per heavy atom. The van der Waals surface area contributed by atoms with E-state index in [9.17, 15) is 18.4 Å². The second-order valence-corrected chi connectivity index (χ2v) is 3.28. The van der Waals surface area contributed by atoms with E-state index in [1.807, 2.05) is 0 Å². The molecule has 98 valence electrons. The van der Waals surface area contributed by atoms with Crippen molar-refractivity contribution in [3.8, 4) is 0 Å². The van der Waals surface area contributed by atoms with E-state index < -0.39 is 29.1 Å². The monoisotopic (exact) mass is 259 g/mol. The molecular formula is C11H11F2NO4. The third kappa shape index (κ3) is 3.24. The molecule has 0 unspecified atom stereocenters. The fourth-order valence-corrected chi connectivity index (χ4v) is 1.23. The zero-order valence-electron chi connectivity index (χ0n) is 9.75. The number of anilines is 1. The topological polar surface area (TPSA) is 64.6 Å². The standard InChI is InChI=1S/C11H11F2NO4/c1-17-5-10(15)14-9-3-6(11(16)18-2)7(12)4-8(9)13/h3-4H,5H2,1-2H3,(H,14,15). The number of ether oxygens (including phenoxy) is 2. The summed E-state index contributed by atoms with van der Waals surface area (Å²) in [4.78, 5) is 22.4. The molecule has 0 bridgehead atoms. The number of nitrogens with one attached hydrogen (secondary N) is 1. The molecule has 1 aromatic carbocycles. The summed E-state index contributed by atoms with van der Waals surface area (Å²) < 4.78 is 35.5. The van der Waals surface area contributed by atoms with E-state index in [-0.39, 0.29) is 12.3 Å². The Morgan fingerprint density at radius 3 is 2.44 bits per heavy atom. The van der Waals surface area contributed by atoms with E-state index in [2.05, 4.69) is 14.8 Å². The largest absolute Gasteiger partial charge is 0.465 e. The van der Waals surface area contributed by atoms with Gasteiger partial charge in [-0.1, -0.05) is 0 Å². The third-order valence-corrected chi connectivity index (χ3v) is 2.01. The Balaban J connectivity index is 3.05. The molecule has 1 N–H and O–H groups in total. The number of esters is 1. The van der Waals surface area contributed by atoms with Gasteiger partial charge >= 0.3 is 5.97 Å². The van der Waals surface area contributed by atoms with Crippen molar-refractivity contribution < 1.29 is 27.8 Å². The van der Waals surface area contributed by atoms with Gasteiger partial charge in [0, 0.05) is 13.2 Å². The maximum Gasteiger partial charge on any atom is 0.340 e. The van der Waals surface area contributed by atoms with Crippen LogP contribution < -0.4 is 5.32 Å². The van der Waals surface area contributed by atoms with Gasteiger partial charge in [0.15, 0.2) is 0 Å². The lowest BCUT2D eigenvalue weighted by Gasteiger charge is -2.08. The van der Waals surface area contributed by atoms with Gasteiger partial charge in [-0.15, -0.1) is 0 Å². The second-order valence-electron chi connectivity index (χ2n) is 3.28. The molecular weight excluding hydrogens is 248 g/mol. The molecule has 0 atom stereocenters. The molecule has 1 amide bonds. The Kier molecular flexibility index (Phi) is 4.73. The van der Waals surface area contributed by atoms with Crippen molar-refractivity contribution in [2.75, 3.05) is 26.1 Å².